The van der Waals surface area contributed by atoms with Gasteiger partial charge >= 0.3 is 6.18 Å². The van der Waals surface area contributed by atoms with Gasteiger partial charge in [0.05, 0.1) is 0 Å². The Labute approximate surface area is 80.8 Å². The van der Waals surface area contributed by atoms with E-state index in [2.05, 4.69) is 5.32 Å². The molecule has 1 amide bonds. The van der Waals surface area contributed by atoms with E-state index in [-0.39, 0.29) is 18.7 Å². The Hall–Kier alpha value is -0.780. The molecule has 0 aromatic carbocycles. The van der Waals surface area contributed by atoms with Crippen LogP contribution in [0.3, 0.4) is 0 Å². The summed E-state index contributed by atoms with van der Waals surface area (Å²) in [6, 6.07) is 0. The molecule has 0 aliphatic rings. The fraction of sp³-hybridized carbons (Fsp3) is 0.875. The van der Waals surface area contributed by atoms with E-state index in [9.17, 15) is 18.0 Å². The molecular weight excluding hydrogens is 197 g/mol. The summed E-state index contributed by atoms with van der Waals surface area (Å²) < 4.78 is 34.9. The van der Waals surface area contributed by atoms with Gasteiger partial charge in [-0.1, -0.05) is 0 Å². The third kappa shape index (κ3) is 11.2. The van der Waals surface area contributed by atoms with Gasteiger partial charge in [-0.2, -0.15) is 13.2 Å². The summed E-state index contributed by atoms with van der Waals surface area (Å²) in [5, 5.41) is 2.81. The summed E-state index contributed by atoms with van der Waals surface area (Å²) in [7, 11) is 0. The highest BCUT2D eigenvalue weighted by Gasteiger charge is 2.25. The molecule has 0 aliphatic carbocycles. The molecule has 3 N–H and O–H groups in total. The molecule has 0 spiro atoms. The van der Waals surface area contributed by atoms with Crippen molar-refractivity contribution in [3.8, 4) is 0 Å². The van der Waals surface area contributed by atoms with Gasteiger partial charge < -0.3 is 11.1 Å². The molecule has 0 aromatic rings. The van der Waals surface area contributed by atoms with Crippen molar-refractivity contribution in [1.29, 1.82) is 0 Å². The van der Waals surface area contributed by atoms with Crippen molar-refractivity contribution >= 4 is 5.91 Å². The van der Waals surface area contributed by atoms with Gasteiger partial charge in [0.15, 0.2) is 0 Å². The maximum atomic E-state index is 11.6. The summed E-state index contributed by atoms with van der Waals surface area (Å²) in [6.45, 7) is 0.846. The molecule has 14 heavy (non-hydrogen) atoms. The van der Waals surface area contributed by atoms with Gasteiger partial charge in [-0.3, -0.25) is 4.79 Å². The minimum atomic E-state index is -4.07. The lowest BCUT2D eigenvalue weighted by Crippen LogP contribution is -2.21. The summed E-state index contributed by atoms with van der Waals surface area (Å²) in [4.78, 5) is 10.3. The third-order valence-electron chi connectivity index (χ3n) is 1.59. The average molecular weight is 212 g/mol. The van der Waals surface area contributed by atoms with E-state index in [0.29, 0.717) is 19.5 Å². The van der Waals surface area contributed by atoms with Crippen molar-refractivity contribution in [1.82, 2.24) is 5.32 Å². The van der Waals surface area contributed by atoms with E-state index in [0.717, 1.165) is 0 Å². The highest BCUT2D eigenvalue weighted by molar-refractivity contribution is 5.73. The Kier molecular flexibility index (Phi) is 6.27. The lowest BCUT2D eigenvalue weighted by atomic mass is 10.3. The maximum absolute atomic E-state index is 11.6. The number of amides is 1. The van der Waals surface area contributed by atoms with E-state index < -0.39 is 12.6 Å². The minimum absolute atomic E-state index is 0.0695. The number of carbonyl (C=O) groups excluding carboxylic acids is 1. The van der Waals surface area contributed by atoms with Crippen LogP contribution in [0.15, 0.2) is 0 Å². The lowest BCUT2D eigenvalue weighted by molar-refractivity contribution is -0.135. The normalized spacial score (nSPS) is 11.6. The van der Waals surface area contributed by atoms with Gasteiger partial charge in [0, 0.05) is 12.8 Å². The molecule has 6 heteroatoms. The minimum Gasteiger partial charge on any atom is -0.370 e. The number of rotatable bonds is 7. The first-order valence-electron chi connectivity index (χ1n) is 4.47. The van der Waals surface area contributed by atoms with Crippen molar-refractivity contribution in [3.63, 3.8) is 0 Å². The Balaban J connectivity index is 3.11. The number of nitrogens with one attached hydrogen (secondary N) is 1. The summed E-state index contributed by atoms with van der Waals surface area (Å²) in [5.41, 5.74) is 4.87. The predicted molar refractivity (Wildman–Crippen MR) is 46.6 cm³/mol. The smallest absolute Gasteiger partial charge is 0.370 e. The van der Waals surface area contributed by atoms with E-state index in [1.165, 1.54) is 0 Å². The summed E-state index contributed by atoms with van der Waals surface area (Å²) in [6.07, 6.45) is -3.93. The first-order valence-corrected chi connectivity index (χ1v) is 4.47. The van der Waals surface area contributed by atoms with Crippen molar-refractivity contribution in [2.45, 2.75) is 31.9 Å². The van der Waals surface area contributed by atoms with E-state index in [1.54, 1.807) is 0 Å². The molecule has 0 heterocycles. The quantitative estimate of drug-likeness (QED) is 0.623. The van der Waals surface area contributed by atoms with Crippen LogP contribution < -0.4 is 11.1 Å². The van der Waals surface area contributed by atoms with Crippen LogP contribution in [-0.4, -0.2) is 25.2 Å². The maximum Gasteiger partial charge on any atom is 0.389 e. The van der Waals surface area contributed by atoms with Crippen LogP contribution in [0.2, 0.25) is 0 Å². The molecule has 0 atom stereocenters. The first-order chi connectivity index (χ1) is 6.42. The highest BCUT2D eigenvalue weighted by Crippen LogP contribution is 2.20. The molecular formula is C8H15F3N2O. The van der Waals surface area contributed by atoms with Crippen molar-refractivity contribution in [3.05, 3.63) is 0 Å². The lowest BCUT2D eigenvalue weighted by Gasteiger charge is -2.06. The molecule has 0 radical (unpaired) electrons. The Morgan fingerprint density at radius 1 is 1.21 bits per heavy atom. The largest absolute Gasteiger partial charge is 0.389 e. The fourth-order valence-electron chi connectivity index (χ4n) is 0.926. The van der Waals surface area contributed by atoms with Crippen LogP contribution in [0.1, 0.15) is 25.7 Å². The topological polar surface area (TPSA) is 55.1 Å². The second-order valence-electron chi connectivity index (χ2n) is 3.04. The Morgan fingerprint density at radius 3 is 2.29 bits per heavy atom. The number of nitrogens with two attached hydrogens (primary N) is 1. The summed E-state index contributed by atoms with van der Waals surface area (Å²) in [5.74, 6) is -0.387. The number of alkyl halides is 3. The standard InChI is InChI=1S/C8H15F3N2O/c9-8(10,11)4-2-6-13-5-1-3-7(12)14/h13H,1-6H2,(H2,12,14). The number of hydrogen-bond acceptors (Lipinski definition) is 2. The van der Waals surface area contributed by atoms with Crippen molar-refractivity contribution < 1.29 is 18.0 Å². The van der Waals surface area contributed by atoms with Crippen LogP contribution in [-0.2, 0) is 4.79 Å². The number of primary amides is 1. The zero-order valence-electron chi connectivity index (χ0n) is 7.86. The SMILES string of the molecule is NC(=O)CCCNCCCC(F)(F)F. The predicted octanol–water partition coefficient (Wildman–Crippen LogP) is 1.18. The first kappa shape index (κ1) is 13.2. The van der Waals surface area contributed by atoms with Gasteiger partial charge in [0.2, 0.25) is 5.91 Å². The Bertz CT molecular complexity index is 170. The molecule has 0 aromatic heterocycles. The molecule has 0 bridgehead atoms. The summed E-state index contributed by atoms with van der Waals surface area (Å²) >= 11 is 0. The number of hydrogen-bond donors (Lipinski definition) is 2. The monoisotopic (exact) mass is 212 g/mol. The molecule has 0 rings (SSSR count). The van der Waals surface area contributed by atoms with Crippen LogP contribution in [0.4, 0.5) is 13.2 Å². The van der Waals surface area contributed by atoms with Crippen LogP contribution >= 0.6 is 0 Å². The fourth-order valence-corrected chi connectivity index (χ4v) is 0.926. The van der Waals surface area contributed by atoms with Gasteiger partial charge in [-0.05, 0) is 25.9 Å². The average Bonchev–Trinajstić information content (AvgIpc) is 2.00. The zero-order chi connectivity index (χ0) is 11.0. The van der Waals surface area contributed by atoms with Gasteiger partial charge in [0.1, 0.15) is 0 Å². The van der Waals surface area contributed by atoms with Crippen LogP contribution in [0.5, 0.6) is 0 Å². The highest BCUT2D eigenvalue weighted by atomic mass is 19.4. The second-order valence-corrected chi connectivity index (χ2v) is 3.04. The molecule has 84 valence electrons. The Morgan fingerprint density at radius 2 is 1.79 bits per heavy atom. The number of carbonyl (C=O) groups is 1. The molecule has 3 nitrogen and oxygen atoms in total. The van der Waals surface area contributed by atoms with Gasteiger partial charge in [0.25, 0.3) is 0 Å². The molecule has 0 saturated heterocycles. The van der Waals surface area contributed by atoms with Gasteiger partial charge in [-0.15, -0.1) is 0 Å². The van der Waals surface area contributed by atoms with Crippen molar-refractivity contribution in [2.24, 2.45) is 5.73 Å². The third-order valence-corrected chi connectivity index (χ3v) is 1.59. The molecule has 0 saturated carbocycles. The second kappa shape index (κ2) is 6.64. The van der Waals surface area contributed by atoms with Crippen LogP contribution in [0, 0.1) is 0 Å². The van der Waals surface area contributed by atoms with E-state index in [4.69, 9.17) is 5.73 Å². The van der Waals surface area contributed by atoms with Crippen molar-refractivity contribution in [2.75, 3.05) is 13.1 Å². The molecule has 0 fully saturated rings. The zero-order valence-corrected chi connectivity index (χ0v) is 7.86. The van der Waals surface area contributed by atoms with Gasteiger partial charge in [-0.25, -0.2) is 0 Å². The van der Waals surface area contributed by atoms with Crippen LogP contribution in [0.25, 0.3) is 0 Å². The number of halogens is 3. The molecule has 0 aliphatic heterocycles. The van der Waals surface area contributed by atoms with E-state index in [1.807, 2.05) is 0 Å². The van der Waals surface area contributed by atoms with E-state index >= 15 is 0 Å². The molecule has 0 unspecified atom stereocenters.